The first-order chi connectivity index (χ1) is 17.7. The summed E-state index contributed by atoms with van der Waals surface area (Å²) in [6, 6.07) is 41.6. The second kappa shape index (κ2) is 8.44. The van der Waals surface area contributed by atoms with Gasteiger partial charge in [-0.1, -0.05) is 96.6 Å². The van der Waals surface area contributed by atoms with Crippen LogP contribution in [-0.4, -0.2) is 4.98 Å². The maximum atomic E-state index is 4.89. The van der Waals surface area contributed by atoms with E-state index in [0.717, 1.165) is 11.3 Å². The quantitative estimate of drug-likeness (QED) is 0.247. The average molecular weight is 478 g/mol. The Morgan fingerprint density at radius 3 is 1.97 bits per heavy atom. The van der Waals surface area contributed by atoms with Gasteiger partial charge in [0, 0.05) is 37.5 Å². The Morgan fingerprint density at radius 1 is 0.556 bits per heavy atom. The Kier molecular flexibility index (Phi) is 4.93. The predicted molar refractivity (Wildman–Crippen MR) is 156 cm³/mol. The van der Waals surface area contributed by atoms with Crippen LogP contribution in [0.5, 0.6) is 0 Å². The van der Waals surface area contributed by atoms with E-state index < -0.39 is 0 Å². The summed E-state index contributed by atoms with van der Waals surface area (Å²) in [5, 5.41) is 5.11. The molecule has 0 atom stereocenters. The van der Waals surface area contributed by atoms with E-state index in [1.807, 2.05) is 17.5 Å². The standard InChI is InChI=1S/C34H23NS/c1-22-9-11-23(12-10-22)24-13-14-26-20-27(16-15-25(26)19-24)28-17-18-32(35-21-28)31-7-4-6-30-29-5-2-3-8-33(29)36-34(30)31/h2-21H,1H3. The molecule has 170 valence electrons. The van der Waals surface area contributed by atoms with Crippen LogP contribution in [0.4, 0.5) is 0 Å². The highest BCUT2D eigenvalue weighted by molar-refractivity contribution is 7.26. The number of benzene rings is 5. The van der Waals surface area contributed by atoms with Gasteiger partial charge in [0.05, 0.1) is 5.69 Å². The number of aryl methyl sites for hydroxylation is 1. The number of thiophene rings is 1. The van der Waals surface area contributed by atoms with Crippen LogP contribution in [0.15, 0.2) is 121 Å². The summed E-state index contributed by atoms with van der Waals surface area (Å²) in [6.45, 7) is 2.12. The highest BCUT2D eigenvalue weighted by atomic mass is 32.1. The predicted octanol–water partition coefficient (Wildman–Crippen LogP) is 9.91. The fraction of sp³-hybridized carbons (Fsp3) is 0.0294. The van der Waals surface area contributed by atoms with E-state index in [-0.39, 0.29) is 0 Å². The van der Waals surface area contributed by atoms with Crippen LogP contribution in [0.1, 0.15) is 5.56 Å². The second-order valence-electron chi connectivity index (χ2n) is 9.36. The van der Waals surface area contributed by atoms with Crippen LogP contribution in [0.25, 0.3) is 64.5 Å². The molecule has 2 heteroatoms. The van der Waals surface area contributed by atoms with Gasteiger partial charge in [-0.05, 0) is 58.7 Å². The highest BCUT2D eigenvalue weighted by Crippen LogP contribution is 2.39. The number of fused-ring (bicyclic) bond motifs is 4. The number of aromatic nitrogens is 1. The van der Waals surface area contributed by atoms with E-state index in [9.17, 15) is 0 Å². The van der Waals surface area contributed by atoms with Gasteiger partial charge in [-0.15, -0.1) is 11.3 Å². The molecule has 0 aliphatic rings. The van der Waals surface area contributed by atoms with Crippen molar-refractivity contribution in [1.82, 2.24) is 4.98 Å². The van der Waals surface area contributed by atoms with E-state index in [0.29, 0.717) is 0 Å². The third-order valence-electron chi connectivity index (χ3n) is 7.00. The van der Waals surface area contributed by atoms with E-state index in [4.69, 9.17) is 4.98 Å². The minimum Gasteiger partial charge on any atom is -0.256 e. The van der Waals surface area contributed by atoms with Gasteiger partial charge in [0.25, 0.3) is 0 Å². The van der Waals surface area contributed by atoms with E-state index >= 15 is 0 Å². The summed E-state index contributed by atoms with van der Waals surface area (Å²) in [5.74, 6) is 0. The Hall–Kier alpha value is -4.27. The molecular formula is C34H23NS. The molecular weight excluding hydrogens is 454 g/mol. The third-order valence-corrected chi connectivity index (χ3v) is 8.22. The number of hydrogen-bond acceptors (Lipinski definition) is 2. The van der Waals surface area contributed by atoms with Gasteiger partial charge in [-0.25, -0.2) is 0 Å². The molecule has 5 aromatic carbocycles. The maximum Gasteiger partial charge on any atom is 0.0716 e. The molecule has 0 spiro atoms. The van der Waals surface area contributed by atoms with Crippen molar-refractivity contribution in [2.45, 2.75) is 6.92 Å². The largest absolute Gasteiger partial charge is 0.256 e. The Bertz CT molecular complexity index is 1880. The molecule has 0 saturated heterocycles. The zero-order valence-electron chi connectivity index (χ0n) is 19.9. The minimum atomic E-state index is 1.01. The topological polar surface area (TPSA) is 12.9 Å². The van der Waals surface area contributed by atoms with Crippen LogP contribution in [0.2, 0.25) is 0 Å². The van der Waals surface area contributed by atoms with Gasteiger partial charge in [0.1, 0.15) is 0 Å². The fourth-order valence-electron chi connectivity index (χ4n) is 5.02. The fourth-order valence-corrected chi connectivity index (χ4v) is 6.25. The summed E-state index contributed by atoms with van der Waals surface area (Å²) in [4.78, 5) is 4.89. The van der Waals surface area contributed by atoms with Gasteiger partial charge in [0.2, 0.25) is 0 Å². The smallest absolute Gasteiger partial charge is 0.0716 e. The van der Waals surface area contributed by atoms with Crippen LogP contribution in [0.3, 0.4) is 0 Å². The number of nitrogens with zero attached hydrogens (tertiary/aromatic N) is 1. The lowest BCUT2D eigenvalue weighted by Gasteiger charge is -2.08. The van der Waals surface area contributed by atoms with Crippen molar-refractivity contribution in [1.29, 1.82) is 0 Å². The van der Waals surface area contributed by atoms with Gasteiger partial charge >= 0.3 is 0 Å². The Labute approximate surface area is 214 Å². The number of hydrogen-bond donors (Lipinski definition) is 0. The number of pyridine rings is 1. The van der Waals surface area contributed by atoms with Crippen molar-refractivity contribution in [3.63, 3.8) is 0 Å². The van der Waals surface area contributed by atoms with Gasteiger partial charge in [-0.2, -0.15) is 0 Å². The van der Waals surface area contributed by atoms with Crippen molar-refractivity contribution < 1.29 is 0 Å². The molecule has 2 heterocycles. The van der Waals surface area contributed by atoms with E-state index in [1.54, 1.807) is 0 Å². The first-order valence-electron chi connectivity index (χ1n) is 12.2. The lowest BCUT2D eigenvalue weighted by Crippen LogP contribution is -1.86. The zero-order valence-corrected chi connectivity index (χ0v) is 20.7. The Balaban J connectivity index is 1.23. The van der Waals surface area contributed by atoms with Crippen LogP contribution in [-0.2, 0) is 0 Å². The lowest BCUT2D eigenvalue weighted by molar-refractivity contribution is 1.33. The molecule has 0 radical (unpaired) electrons. The van der Waals surface area contributed by atoms with E-state index in [2.05, 4.69) is 122 Å². The number of rotatable bonds is 3. The first-order valence-corrected chi connectivity index (χ1v) is 13.0. The third kappa shape index (κ3) is 3.59. The van der Waals surface area contributed by atoms with Crippen molar-refractivity contribution in [2.75, 3.05) is 0 Å². The van der Waals surface area contributed by atoms with Gasteiger partial charge in [-0.3, -0.25) is 4.98 Å². The molecule has 0 aliphatic carbocycles. The molecule has 0 N–H and O–H groups in total. The summed E-state index contributed by atoms with van der Waals surface area (Å²) in [6.07, 6.45) is 2.00. The van der Waals surface area contributed by atoms with Crippen LogP contribution < -0.4 is 0 Å². The molecule has 0 amide bonds. The zero-order chi connectivity index (χ0) is 24.1. The van der Waals surface area contributed by atoms with Crippen molar-refractivity contribution in [2.24, 2.45) is 0 Å². The average Bonchev–Trinajstić information content (AvgIpc) is 3.32. The molecule has 7 aromatic rings. The monoisotopic (exact) mass is 477 g/mol. The molecule has 0 fully saturated rings. The highest BCUT2D eigenvalue weighted by Gasteiger charge is 2.11. The van der Waals surface area contributed by atoms with Crippen molar-refractivity contribution in [3.05, 3.63) is 127 Å². The molecule has 2 aromatic heterocycles. The molecule has 0 unspecified atom stereocenters. The van der Waals surface area contributed by atoms with Crippen LogP contribution in [0, 0.1) is 6.92 Å². The normalized spacial score (nSPS) is 11.5. The molecule has 1 nitrogen and oxygen atoms in total. The molecule has 36 heavy (non-hydrogen) atoms. The van der Waals surface area contributed by atoms with Gasteiger partial charge < -0.3 is 0 Å². The van der Waals surface area contributed by atoms with Gasteiger partial charge in [0.15, 0.2) is 0 Å². The second-order valence-corrected chi connectivity index (χ2v) is 10.4. The van der Waals surface area contributed by atoms with E-state index in [1.165, 1.54) is 58.8 Å². The van der Waals surface area contributed by atoms with Crippen LogP contribution >= 0.6 is 11.3 Å². The molecule has 0 bridgehead atoms. The summed E-state index contributed by atoms with van der Waals surface area (Å²) in [5.41, 5.74) is 8.30. The minimum absolute atomic E-state index is 1.01. The van der Waals surface area contributed by atoms with Crippen molar-refractivity contribution in [3.8, 4) is 33.5 Å². The lowest BCUT2D eigenvalue weighted by atomic mass is 9.97. The molecule has 7 rings (SSSR count). The Morgan fingerprint density at radius 2 is 1.22 bits per heavy atom. The summed E-state index contributed by atoms with van der Waals surface area (Å²) in [7, 11) is 0. The first kappa shape index (κ1) is 21.0. The SMILES string of the molecule is Cc1ccc(-c2ccc3cc(-c4ccc(-c5cccc6c5sc5ccccc56)nc4)ccc3c2)cc1. The summed E-state index contributed by atoms with van der Waals surface area (Å²) >= 11 is 1.85. The van der Waals surface area contributed by atoms with Crippen molar-refractivity contribution >= 4 is 42.3 Å². The molecule has 0 aliphatic heterocycles. The molecule has 0 saturated carbocycles. The maximum absolute atomic E-state index is 4.89. The summed E-state index contributed by atoms with van der Waals surface area (Å²) < 4.78 is 2.62.